The molecule has 2 rings (SSSR count). The van der Waals surface area contributed by atoms with Crippen LogP contribution in [0.4, 0.5) is 5.82 Å². The van der Waals surface area contributed by atoms with Gasteiger partial charge in [0.1, 0.15) is 0 Å². The van der Waals surface area contributed by atoms with Gasteiger partial charge in [-0.2, -0.15) is 5.10 Å². The first kappa shape index (κ1) is 14.3. The van der Waals surface area contributed by atoms with E-state index in [0.29, 0.717) is 12.4 Å². The normalized spacial score (nSPS) is 11.7. The Morgan fingerprint density at radius 2 is 2.05 bits per heavy atom. The van der Waals surface area contributed by atoms with E-state index < -0.39 is 0 Å². The summed E-state index contributed by atoms with van der Waals surface area (Å²) in [5.74, 6) is 0.366. The summed E-state index contributed by atoms with van der Waals surface area (Å²) in [7, 11) is 1.88. The second-order valence-corrected chi connectivity index (χ2v) is 5.89. The number of hydrogen-bond donors (Lipinski definition) is 1. The summed E-state index contributed by atoms with van der Waals surface area (Å²) < 4.78 is 3.44. The van der Waals surface area contributed by atoms with Gasteiger partial charge in [-0.3, -0.25) is 9.48 Å². The van der Waals surface area contributed by atoms with Gasteiger partial charge in [0.25, 0.3) is 5.56 Å². The van der Waals surface area contributed by atoms with Crippen LogP contribution in [0.2, 0.25) is 0 Å². The average molecular weight is 275 g/mol. The van der Waals surface area contributed by atoms with Crippen molar-refractivity contribution >= 4 is 5.82 Å². The number of rotatable bonds is 3. The number of nitrogens with zero attached hydrogens (tertiary/aromatic N) is 4. The molecule has 6 nitrogen and oxygen atoms in total. The predicted octanol–water partition coefficient (Wildman–Crippen LogP) is 1.65. The lowest BCUT2D eigenvalue weighted by atomic mass is 10.1. The molecule has 0 unspecified atom stereocenters. The van der Waals surface area contributed by atoms with E-state index in [-0.39, 0.29) is 11.1 Å². The lowest BCUT2D eigenvalue weighted by Crippen LogP contribution is -2.35. The third-order valence-corrected chi connectivity index (χ3v) is 3.12. The smallest absolute Gasteiger partial charge is 0.293 e. The molecule has 0 aliphatic heterocycles. The number of hydrogen-bond acceptors (Lipinski definition) is 4. The standard InChI is InChI=1S/C14H21N5O/c1-10-11(9-18(5)17-10)8-16-12-13(20)19(7-6-15-12)14(2,3)4/h6-7,9H,8H2,1-5H3,(H,15,16). The first-order valence-electron chi connectivity index (χ1n) is 6.60. The molecule has 6 heteroatoms. The maximum absolute atomic E-state index is 12.3. The van der Waals surface area contributed by atoms with Crippen LogP contribution in [0.25, 0.3) is 0 Å². The first-order chi connectivity index (χ1) is 9.29. The fourth-order valence-electron chi connectivity index (χ4n) is 2.06. The van der Waals surface area contributed by atoms with E-state index in [2.05, 4.69) is 15.4 Å². The highest BCUT2D eigenvalue weighted by Gasteiger charge is 2.16. The molecule has 0 aliphatic rings. The van der Waals surface area contributed by atoms with Gasteiger partial charge in [0.2, 0.25) is 0 Å². The molecule has 0 spiro atoms. The largest absolute Gasteiger partial charge is 0.361 e. The maximum Gasteiger partial charge on any atom is 0.293 e. The van der Waals surface area contributed by atoms with Crippen molar-refractivity contribution in [1.29, 1.82) is 0 Å². The Kier molecular flexibility index (Phi) is 3.65. The highest BCUT2D eigenvalue weighted by molar-refractivity contribution is 5.33. The molecule has 0 saturated carbocycles. The van der Waals surface area contributed by atoms with Crippen LogP contribution in [0.5, 0.6) is 0 Å². The van der Waals surface area contributed by atoms with Gasteiger partial charge >= 0.3 is 0 Å². The van der Waals surface area contributed by atoms with Crippen molar-refractivity contribution in [3.05, 3.63) is 40.2 Å². The molecule has 0 atom stereocenters. The molecule has 2 aromatic rings. The van der Waals surface area contributed by atoms with Gasteiger partial charge in [0, 0.05) is 43.3 Å². The predicted molar refractivity (Wildman–Crippen MR) is 78.8 cm³/mol. The zero-order valence-electron chi connectivity index (χ0n) is 12.6. The lowest BCUT2D eigenvalue weighted by Gasteiger charge is -2.22. The van der Waals surface area contributed by atoms with Gasteiger partial charge in [-0.05, 0) is 27.7 Å². The summed E-state index contributed by atoms with van der Waals surface area (Å²) >= 11 is 0. The SMILES string of the molecule is Cc1nn(C)cc1CNc1nccn(C(C)(C)C)c1=O. The highest BCUT2D eigenvalue weighted by Crippen LogP contribution is 2.11. The van der Waals surface area contributed by atoms with Crippen molar-refractivity contribution in [3.8, 4) is 0 Å². The van der Waals surface area contributed by atoms with Crippen LogP contribution in [0.1, 0.15) is 32.0 Å². The summed E-state index contributed by atoms with van der Waals surface area (Å²) in [4.78, 5) is 16.5. The van der Waals surface area contributed by atoms with Crippen LogP contribution in [0, 0.1) is 6.92 Å². The third kappa shape index (κ3) is 2.89. The van der Waals surface area contributed by atoms with E-state index in [1.165, 1.54) is 0 Å². The molecule has 0 amide bonds. The van der Waals surface area contributed by atoms with Crippen molar-refractivity contribution < 1.29 is 0 Å². The molecule has 2 heterocycles. The van der Waals surface area contributed by atoms with Crippen LogP contribution in [0.15, 0.2) is 23.4 Å². The minimum atomic E-state index is -0.263. The van der Waals surface area contributed by atoms with Crippen molar-refractivity contribution in [2.45, 2.75) is 39.8 Å². The van der Waals surface area contributed by atoms with Gasteiger partial charge in [-0.25, -0.2) is 4.98 Å². The zero-order chi connectivity index (χ0) is 14.9. The Bertz CT molecular complexity index is 663. The highest BCUT2D eigenvalue weighted by atomic mass is 16.1. The maximum atomic E-state index is 12.3. The molecule has 0 bridgehead atoms. The van der Waals surface area contributed by atoms with Crippen LogP contribution in [-0.2, 0) is 19.1 Å². The van der Waals surface area contributed by atoms with Crippen molar-refractivity contribution in [3.63, 3.8) is 0 Å². The second-order valence-electron chi connectivity index (χ2n) is 5.89. The van der Waals surface area contributed by atoms with Crippen molar-refractivity contribution in [1.82, 2.24) is 19.3 Å². The van der Waals surface area contributed by atoms with E-state index in [1.807, 2.05) is 40.9 Å². The fourth-order valence-corrected chi connectivity index (χ4v) is 2.06. The molecular formula is C14H21N5O. The van der Waals surface area contributed by atoms with E-state index in [9.17, 15) is 4.79 Å². The minimum absolute atomic E-state index is 0.110. The molecular weight excluding hydrogens is 254 g/mol. The average Bonchev–Trinajstić information content (AvgIpc) is 2.65. The Labute approximate surface area is 118 Å². The molecule has 1 N–H and O–H groups in total. The summed E-state index contributed by atoms with van der Waals surface area (Å²) in [6.45, 7) is 8.45. The van der Waals surface area contributed by atoms with Crippen molar-refractivity contribution in [2.24, 2.45) is 7.05 Å². The Morgan fingerprint density at radius 3 is 2.60 bits per heavy atom. The molecule has 108 valence electrons. The number of anilines is 1. The van der Waals surface area contributed by atoms with Crippen LogP contribution in [0.3, 0.4) is 0 Å². The summed E-state index contributed by atoms with van der Waals surface area (Å²) in [6.07, 6.45) is 5.29. The topological polar surface area (TPSA) is 64.7 Å². The van der Waals surface area contributed by atoms with Crippen LogP contribution in [-0.4, -0.2) is 19.3 Å². The quantitative estimate of drug-likeness (QED) is 0.925. The molecule has 20 heavy (non-hydrogen) atoms. The molecule has 0 aromatic carbocycles. The van der Waals surface area contributed by atoms with E-state index in [0.717, 1.165) is 11.3 Å². The van der Waals surface area contributed by atoms with Gasteiger partial charge in [-0.1, -0.05) is 0 Å². The fraction of sp³-hybridized carbons (Fsp3) is 0.500. The van der Waals surface area contributed by atoms with E-state index >= 15 is 0 Å². The Morgan fingerprint density at radius 1 is 1.35 bits per heavy atom. The van der Waals surface area contributed by atoms with Gasteiger partial charge in [0.15, 0.2) is 5.82 Å². The summed E-state index contributed by atoms with van der Waals surface area (Å²) in [5, 5.41) is 7.37. The third-order valence-electron chi connectivity index (χ3n) is 3.12. The monoisotopic (exact) mass is 275 g/mol. The van der Waals surface area contributed by atoms with Crippen LogP contribution < -0.4 is 10.9 Å². The number of aromatic nitrogens is 4. The Hall–Kier alpha value is -2.11. The molecule has 0 saturated heterocycles. The summed E-state index contributed by atoms with van der Waals surface area (Å²) in [6, 6.07) is 0. The molecule has 0 radical (unpaired) electrons. The molecule has 0 aliphatic carbocycles. The van der Waals surface area contributed by atoms with Gasteiger partial charge in [-0.15, -0.1) is 0 Å². The van der Waals surface area contributed by atoms with E-state index in [4.69, 9.17) is 0 Å². The van der Waals surface area contributed by atoms with Gasteiger partial charge < -0.3 is 9.88 Å². The van der Waals surface area contributed by atoms with Crippen LogP contribution >= 0.6 is 0 Å². The number of aryl methyl sites for hydroxylation is 2. The lowest BCUT2D eigenvalue weighted by molar-refractivity contribution is 0.383. The Balaban J connectivity index is 2.23. The summed E-state index contributed by atoms with van der Waals surface area (Å²) in [5.41, 5.74) is 1.63. The second kappa shape index (κ2) is 5.11. The first-order valence-corrected chi connectivity index (χ1v) is 6.60. The van der Waals surface area contributed by atoms with Gasteiger partial charge in [0.05, 0.1) is 5.69 Å². The minimum Gasteiger partial charge on any atom is -0.361 e. The zero-order valence-corrected chi connectivity index (χ0v) is 12.6. The molecule has 0 fully saturated rings. The molecule has 2 aromatic heterocycles. The van der Waals surface area contributed by atoms with E-state index in [1.54, 1.807) is 21.6 Å². The number of nitrogens with one attached hydrogen (secondary N) is 1. The van der Waals surface area contributed by atoms with Crippen molar-refractivity contribution in [2.75, 3.05) is 5.32 Å².